The third kappa shape index (κ3) is 3.01. The number of aromatic amines is 1. The van der Waals surface area contributed by atoms with Crippen LogP contribution in [0.15, 0.2) is 57.3 Å². The van der Waals surface area contributed by atoms with Gasteiger partial charge in [-0.05, 0) is 24.3 Å². The quantitative estimate of drug-likeness (QED) is 0.664. The van der Waals surface area contributed by atoms with Gasteiger partial charge in [0.25, 0.3) is 16.5 Å². The Morgan fingerprint density at radius 1 is 1.00 bits per heavy atom. The van der Waals surface area contributed by atoms with Gasteiger partial charge in [0.15, 0.2) is 5.03 Å². The van der Waals surface area contributed by atoms with Crippen molar-refractivity contribution in [2.75, 3.05) is 0 Å². The van der Waals surface area contributed by atoms with Crippen LogP contribution < -0.4 is 0 Å². The fraction of sp³-hybridized carbons (Fsp3) is 0.0714. The highest BCUT2D eigenvalue weighted by molar-refractivity contribution is 7.92. The first kappa shape index (κ1) is 17.5. The molecule has 0 saturated carbocycles. The highest BCUT2D eigenvalue weighted by atomic mass is 32.2. The zero-order valence-electron chi connectivity index (χ0n) is 12.2. The van der Waals surface area contributed by atoms with Gasteiger partial charge in [-0.3, -0.25) is 4.55 Å². The summed E-state index contributed by atoms with van der Waals surface area (Å²) >= 11 is 0. The number of fused-ring (bicyclic) bond motifs is 1. The lowest BCUT2D eigenvalue weighted by Crippen LogP contribution is -2.08. The molecule has 3 aromatic rings. The van der Waals surface area contributed by atoms with Gasteiger partial charge >= 0.3 is 0 Å². The van der Waals surface area contributed by atoms with Crippen LogP contribution in [0.3, 0.4) is 0 Å². The maximum atomic E-state index is 12.8. The van der Waals surface area contributed by atoms with E-state index < -0.39 is 42.0 Å². The number of alkyl halides is 2. The van der Waals surface area contributed by atoms with Crippen molar-refractivity contribution < 1.29 is 30.2 Å². The second kappa shape index (κ2) is 5.86. The van der Waals surface area contributed by atoms with Crippen LogP contribution in [0.5, 0.6) is 0 Å². The predicted molar refractivity (Wildman–Crippen MR) is 82.8 cm³/mol. The van der Waals surface area contributed by atoms with Crippen molar-refractivity contribution in [3.05, 3.63) is 48.2 Å². The van der Waals surface area contributed by atoms with Gasteiger partial charge in [0.05, 0.1) is 4.90 Å². The normalized spacial score (nSPS) is 12.8. The van der Waals surface area contributed by atoms with Gasteiger partial charge in [-0.1, -0.05) is 18.2 Å². The monoisotopic (exact) mass is 388 g/mol. The molecule has 1 aromatic carbocycles. The van der Waals surface area contributed by atoms with Crippen LogP contribution in [0.1, 0.15) is 12.1 Å². The maximum Gasteiger partial charge on any atom is 0.298 e. The summed E-state index contributed by atoms with van der Waals surface area (Å²) in [5.74, 6) is 0. The number of aromatic nitrogens is 2. The Hall–Kier alpha value is -2.37. The number of sulfone groups is 1. The van der Waals surface area contributed by atoms with Gasteiger partial charge < -0.3 is 4.98 Å². The van der Waals surface area contributed by atoms with E-state index in [2.05, 4.69) is 9.97 Å². The van der Waals surface area contributed by atoms with Crippen LogP contribution in [0, 0.1) is 0 Å². The Balaban J connectivity index is 2.39. The van der Waals surface area contributed by atoms with E-state index in [0.717, 1.165) is 12.1 Å². The molecule has 11 heteroatoms. The molecule has 25 heavy (non-hydrogen) atoms. The van der Waals surface area contributed by atoms with E-state index in [4.69, 9.17) is 0 Å². The molecular weight excluding hydrogens is 378 g/mol. The molecule has 0 saturated heterocycles. The standard InChI is InChI=1S/C14H10F2N2O5S2/c15-12(16)10-7-6-9-11(25(21,22)23)14(18-13(9)17-10)24(19,20)8-4-2-1-3-5-8/h1-7,12H,(H,17,18)(H,21,22,23). The number of hydrogen-bond acceptors (Lipinski definition) is 5. The molecule has 0 fully saturated rings. The Bertz CT molecular complexity index is 1160. The number of nitrogens with zero attached hydrogens (tertiary/aromatic N) is 1. The molecule has 0 aliphatic carbocycles. The van der Waals surface area contributed by atoms with Gasteiger partial charge in [-0.2, -0.15) is 8.42 Å². The summed E-state index contributed by atoms with van der Waals surface area (Å²) in [5.41, 5.74) is -1.06. The summed E-state index contributed by atoms with van der Waals surface area (Å²) in [6.45, 7) is 0. The molecule has 2 N–H and O–H groups in total. The van der Waals surface area contributed by atoms with Crippen LogP contribution in [0.2, 0.25) is 0 Å². The SMILES string of the molecule is O=S(=O)(O)c1c(S(=O)(=O)c2ccccc2)[nH]c2nc(C(F)F)ccc12. The van der Waals surface area contributed by atoms with Crippen molar-refractivity contribution >= 4 is 31.0 Å². The molecule has 2 aromatic heterocycles. The van der Waals surface area contributed by atoms with Crippen LogP contribution in [0.25, 0.3) is 11.0 Å². The lowest BCUT2D eigenvalue weighted by molar-refractivity contribution is 0.146. The highest BCUT2D eigenvalue weighted by Crippen LogP contribution is 2.33. The molecule has 0 aliphatic rings. The number of H-pyrrole nitrogens is 1. The van der Waals surface area contributed by atoms with Crippen molar-refractivity contribution in [1.29, 1.82) is 0 Å². The number of nitrogens with one attached hydrogen (secondary N) is 1. The fourth-order valence-corrected chi connectivity index (χ4v) is 5.03. The summed E-state index contributed by atoms with van der Waals surface area (Å²) in [5, 5.41) is -1.14. The Morgan fingerprint density at radius 2 is 1.64 bits per heavy atom. The van der Waals surface area contributed by atoms with Crippen molar-refractivity contribution in [3.63, 3.8) is 0 Å². The van der Waals surface area contributed by atoms with Crippen LogP contribution >= 0.6 is 0 Å². The third-order valence-electron chi connectivity index (χ3n) is 3.40. The second-order valence-corrected chi connectivity index (χ2v) is 8.25. The molecule has 0 radical (unpaired) electrons. The van der Waals surface area contributed by atoms with Crippen LogP contribution in [-0.2, 0) is 20.0 Å². The Morgan fingerprint density at radius 3 is 2.20 bits per heavy atom. The minimum absolute atomic E-state index is 0.236. The summed E-state index contributed by atoms with van der Waals surface area (Å²) in [7, 11) is -9.35. The number of rotatable bonds is 4. The lowest BCUT2D eigenvalue weighted by atomic mass is 10.3. The van der Waals surface area contributed by atoms with Gasteiger partial charge in [-0.15, -0.1) is 0 Å². The molecular formula is C14H10F2N2O5S2. The number of halogens is 2. The summed E-state index contributed by atoms with van der Waals surface area (Å²) in [4.78, 5) is 4.60. The average Bonchev–Trinajstić information content (AvgIpc) is 2.95. The van der Waals surface area contributed by atoms with E-state index in [0.29, 0.717) is 0 Å². The largest absolute Gasteiger partial charge is 0.329 e. The van der Waals surface area contributed by atoms with Crippen molar-refractivity contribution in [1.82, 2.24) is 9.97 Å². The predicted octanol–water partition coefficient (Wildman–Crippen LogP) is 2.58. The lowest BCUT2D eigenvalue weighted by Gasteiger charge is -2.04. The molecule has 3 rings (SSSR count). The van der Waals surface area contributed by atoms with Crippen molar-refractivity contribution in [3.8, 4) is 0 Å². The zero-order chi connectivity index (χ0) is 18.4. The molecule has 0 amide bonds. The summed E-state index contributed by atoms with van der Waals surface area (Å²) in [6, 6.07) is 8.69. The molecule has 2 heterocycles. The highest BCUT2D eigenvalue weighted by Gasteiger charge is 2.32. The van der Waals surface area contributed by atoms with Gasteiger partial charge in [0, 0.05) is 5.39 Å². The minimum Gasteiger partial charge on any atom is -0.329 e. The summed E-state index contributed by atoms with van der Waals surface area (Å²) in [6.07, 6.45) is -2.93. The first-order chi connectivity index (χ1) is 11.6. The van der Waals surface area contributed by atoms with E-state index in [-0.39, 0.29) is 15.9 Å². The van der Waals surface area contributed by atoms with Gasteiger partial charge in [0.2, 0.25) is 9.84 Å². The molecule has 0 aliphatic heterocycles. The topological polar surface area (TPSA) is 117 Å². The molecule has 0 atom stereocenters. The number of hydrogen-bond donors (Lipinski definition) is 2. The van der Waals surface area contributed by atoms with E-state index in [1.807, 2.05) is 0 Å². The molecule has 0 spiro atoms. The van der Waals surface area contributed by atoms with Crippen molar-refractivity contribution in [2.24, 2.45) is 0 Å². The Labute approximate surface area is 141 Å². The first-order valence-electron chi connectivity index (χ1n) is 6.71. The van der Waals surface area contributed by atoms with E-state index in [1.165, 1.54) is 24.3 Å². The number of pyridine rings is 1. The molecule has 7 nitrogen and oxygen atoms in total. The molecule has 132 valence electrons. The molecule has 0 unspecified atom stereocenters. The Kier molecular flexibility index (Phi) is 4.09. The zero-order valence-corrected chi connectivity index (χ0v) is 13.9. The second-order valence-electron chi connectivity index (χ2n) is 5.01. The fourth-order valence-electron chi connectivity index (χ4n) is 2.32. The van der Waals surface area contributed by atoms with E-state index >= 15 is 0 Å². The van der Waals surface area contributed by atoms with E-state index in [1.54, 1.807) is 6.07 Å². The van der Waals surface area contributed by atoms with Crippen LogP contribution in [-0.4, -0.2) is 31.4 Å². The third-order valence-corrected chi connectivity index (χ3v) is 6.21. The maximum absolute atomic E-state index is 12.8. The number of benzene rings is 1. The first-order valence-corrected chi connectivity index (χ1v) is 9.63. The smallest absolute Gasteiger partial charge is 0.298 e. The average molecular weight is 388 g/mol. The minimum atomic E-state index is -4.98. The van der Waals surface area contributed by atoms with E-state index in [9.17, 15) is 30.2 Å². The van der Waals surface area contributed by atoms with Gasteiger partial charge in [-0.25, -0.2) is 22.2 Å². The van der Waals surface area contributed by atoms with Crippen molar-refractivity contribution in [2.45, 2.75) is 21.2 Å². The molecule has 0 bridgehead atoms. The summed E-state index contributed by atoms with van der Waals surface area (Å²) < 4.78 is 83.9. The van der Waals surface area contributed by atoms with Gasteiger partial charge in [0.1, 0.15) is 16.2 Å². The van der Waals surface area contributed by atoms with Crippen LogP contribution in [0.4, 0.5) is 8.78 Å².